The van der Waals surface area contributed by atoms with Crippen molar-refractivity contribution in [3.05, 3.63) is 83.0 Å². The molecule has 2 heterocycles. The predicted molar refractivity (Wildman–Crippen MR) is 164 cm³/mol. The topological polar surface area (TPSA) is 71.4 Å². The number of hydrogen-bond donors (Lipinski definition) is 2. The highest BCUT2D eigenvalue weighted by Gasteiger charge is 2.21. The zero-order valence-electron chi connectivity index (χ0n) is 22.2. The highest BCUT2D eigenvalue weighted by Crippen LogP contribution is 2.30. The Bertz CT molecular complexity index is 1420. The fraction of sp³-hybridized carbons (Fsp3) is 0.310. The van der Waals surface area contributed by atoms with Crippen LogP contribution in [0.25, 0.3) is 16.6 Å². The Morgan fingerprint density at radius 2 is 1.79 bits per heavy atom. The molecule has 39 heavy (non-hydrogen) atoms. The highest BCUT2D eigenvalue weighted by molar-refractivity contribution is 6.34. The number of halogens is 3. The van der Waals surface area contributed by atoms with Crippen molar-refractivity contribution >= 4 is 64.6 Å². The van der Waals surface area contributed by atoms with Gasteiger partial charge in [-0.1, -0.05) is 29.8 Å². The number of nitrogens with one attached hydrogen (secondary N) is 2. The number of amides is 1. The van der Waals surface area contributed by atoms with Gasteiger partial charge in [-0.25, -0.2) is 4.68 Å². The van der Waals surface area contributed by atoms with Gasteiger partial charge in [0.2, 0.25) is 0 Å². The van der Waals surface area contributed by atoms with Gasteiger partial charge in [-0.3, -0.25) is 9.69 Å². The number of carbonyl (C=O) groups excluding carboxylic acids is 1. The van der Waals surface area contributed by atoms with Crippen LogP contribution in [0, 0.1) is 6.92 Å². The summed E-state index contributed by atoms with van der Waals surface area (Å²) >= 11 is 6.45. The van der Waals surface area contributed by atoms with Crippen LogP contribution >= 0.6 is 36.4 Å². The van der Waals surface area contributed by atoms with Crippen molar-refractivity contribution in [2.24, 2.45) is 0 Å². The van der Waals surface area contributed by atoms with E-state index in [0.717, 1.165) is 53.2 Å². The molecule has 2 N–H and O–H groups in total. The Balaban J connectivity index is 0.00000210. The van der Waals surface area contributed by atoms with Crippen molar-refractivity contribution in [3.8, 4) is 5.69 Å². The molecule has 1 fully saturated rings. The van der Waals surface area contributed by atoms with Crippen molar-refractivity contribution in [1.82, 2.24) is 20.0 Å². The Morgan fingerprint density at radius 1 is 1.05 bits per heavy atom. The highest BCUT2D eigenvalue weighted by atomic mass is 35.5. The second-order valence-electron chi connectivity index (χ2n) is 9.71. The smallest absolute Gasteiger partial charge is 0.251 e. The summed E-state index contributed by atoms with van der Waals surface area (Å²) in [7, 11) is 0. The van der Waals surface area contributed by atoms with Crippen molar-refractivity contribution in [2.45, 2.75) is 33.0 Å². The summed E-state index contributed by atoms with van der Waals surface area (Å²) in [6, 6.07) is 19.5. The quantitative estimate of drug-likeness (QED) is 0.260. The van der Waals surface area contributed by atoms with Gasteiger partial charge in [0, 0.05) is 42.8 Å². The number of fused-ring (bicyclic) bond motifs is 1. The molecule has 10 heteroatoms. The van der Waals surface area contributed by atoms with Crippen LogP contribution in [-0.4, -0.2) is 59.0 Å². The number of nitrogens with zero attached hydrogens (tertiary/aromatic N) is 3. The molecule has 0 aliphatic carbocycles. The van der Waals surface area contributed by atoms with Crippen LogP contribution in [0.5, 0.6) is 0 Å². The van der Waals surface area contributed by atoms with E-state index in [4.69, 9.17) is 16.3 Å². The van der Waals surface area contributed by atoms with E-state index in [1.54, 1.807) is 0 Å². The van der Waals surface area contributed by atoms with Gasteiger partial charge in [-0.2, -0.15) is 5.10 Å². The minimum Gasteiger partial charge on any atom is -0.373 e. The van der Waals surface area contributed by atoms with E-state index in [-0.39, 0.29) is 42.9 Å². The molecule has 7 nitrogen and oxygen atoms in total. The largest absolute Gasteiger partial charge is 0.373 e. The van der Waals surface area contributed by atoms with Gasteiger partial charge in [-0.15, -0.1) is 24.8 Å². The molecule has 0 unspecified atom stereocenters. The van der Waals surface area contributed by atoms with E-state index < -0.39 is 0 Å². The van der Waals surface area contributed by atoms with E-state index in [0.29, 0.717) is 17.1 Å². The minimum atomic E-state index is -0.0887. The molecular weight excluding hydrogens is 557 g/mol. The number of carbonyl (C=O) groups is 1. The second kappa shape index (κ2) is 13.5. The number of rotatable bonds is 7. The standard InChI is InChI=1S/C29H32ClN5O2.2ClH/c1-19-6-4-9-26(28(19)30)33-24-10-11-27-23(14-24)16-32-35(27)25-8-5-7-22(15-25)29(36)31-12-13-34-17-20(2)37-21(3)18-34;;/h4-11,14-16,20-21,33H,12-13,17-18H2,1-3H3,(H,31,36);2*1H/t20-,21+;;. The van der Waals surface area contributed by atoms with Gasteiger partial charge in [0.25, 0.3) is 5.91 Å². The number of aryl methyl sites for hydroxylation is 1. The molecule has 1 aromatic heterocycles. The Labute approximate surface area is 246 Å². The molecule has 0 radical (unpaired) electrons. The van der Waals surface area contributed by atoms with E-state index >= 15 is 0 Å². The van der Waals surface area contributed by atoms with Gasteiger partial charge in [0.15, 0.2) is 0 Å². The number of anilines is 2. The number of morpholine rings is 1. The Hall–Kier alpha value is -2.81. The number of aromatic nitrogens is 2. The third-order valence-corrected chi connectivity index (χ3v) is 7.10. The van der Waals surface area contributed by atoms with Crippen molar-refractivity contribution in [3.63, 3.8) is 0 Å². The second-order valence-corrected chi connectivity index (χ2v) is 10.1. The summed E-state index contributed by atoms with van der Waals surface area (Å²) < 4.78 is 7.64. The lowest BCUT2D eigenvalue weighted by atomic mass is 10.1. The van der Waals surface area contributed by atoms with Crippen LogP contribution in [0.15, 0.2) is 66.9 Å². The van der Waals surface area contributed by atoms with Crippen LogP contribution < -0.4 is 10.6 Å². The lowest BCUT2D eigenvalue weighted by Crippen LogP contribution is -2.47. The molecule has 5 rings (SSSR count). The maximum Gasteiger partial charge on any atom is 0.251 e. The van der Waals surface area contributed by atoms with Crippen molar-refractivity contribution < 1.29 is 9.53 Å². The van der Waals surface area contributed by atoms with E-state index in [9.17, 15) is 4.79 Å². The molecule has 1 aliphatic rings. The zero-order valence-corrected chi connectivity index (χ0v) is 24.6. The SMILES string of the molecule is Cc1cccc(Nc2ccc3c(cnn3-c3cccc(C(=O)NCCN4C[C@@H](C)O[C@@H](C)C4)c3)c2)c1Cl.Cl.Cl. The molecule has 1 amide bonds. The van der Waals surface area contributed by atoms with Crippen molar-refractivity contribution in [2.75, 3.05) is 31.5 Å². The molecule has 1 saturated heterocycles. The van der Waals surface area contributed by atoms with Crippen molar-refractivity contribution in [1.29, 1.82) is 0 Å². The number of hydrogen-bond acceptors (Lipinski definition) is 5. The monoisotopic (exact) mass is 589 g/mol. The minimum absolute atomic E-state index is 0. The van der Waals surface area contributed by atoms with Crippen LogP contribution in [0.1, 0.15) is 29.8 Å². The van der Waals surface area contributed by atoms with E-state index in [1.807, 2.05) is 78.5 Å². The Morgan fingerprint density at radius 3 is 2.56 bits per heavy atom. The zero-order chi connectivity index (χ0) is 25.9. The molecule has 0 spiro atoms. The van der Waals surface area contributed by atoms with E-state index in [1.165, 1.54) is 0 Å². The summed E-state index contributed by atoms with van der Waals surface area (Å²) in [6.45, 7) is 9.33. The molecular formula is C29H34Cl3N5O2. The van der Waals surface area contributed by atoms with Gasteiger partial charge in [0.1, 0.15) is 0 Å². The fourth-order valence-electron chi connectivity index (χ4n) is 4.89. The molecule has 1 aliphatic heterocycles. The number of benzene rings is 3. The first-order valence-corrected chi connectivity index (χ1v) is 13.0. The molecule has 0 saturated carbocycles. The molecule has 0 bridgehead atoms. The van der Waals surface area contributed by atoms with Crippen LogP contribution in [0.3, 0.4) is 0 Å². The molecule has 208 valence electrons. The van der Waals surface area contributed by atoms with Gasteiger partial charge >= 0.3 is 0 Å². The normalized spacial score (nSPS) is 17.2. The van der Waals surface area contributed by atoms with Gasteiger partial charge < -0.3 is 15.4 Å². The summed E-state index contributed by atoms with van der Waals surface area (Å²) in [6.07, 6.45) is 2.26. The average Bonchev–Trinajstić information content (AvgIpc) is 3.30. The fourth-order valence-corrected chi connectivity index (χ4v) is 5.06. The van der Waals surface area contributed by atoms with Crippen LogP contribution in [0.4, 0.5) is 11.4 Å². The lowest BCUT2D eigenvalue weighted by Gasteiger charge is -2.35. The Kier molecular flexibility index (Phi) is 10.6. The molecule has 2 atom stereocenters. The predicted octanol–water partition coefficient (Wildman–Crippen LogP) is 6.41. The third-order valence-electron chi connectivity index (χ3n) is 6.60. The van der Waals surface area contributed by atoms with Crippen LogP contribution in [-0.2, 0) is 4.74 Å². The van der Waals surface area contributed by atoms with E-state index in [2.05, 4.69) is 34.5 Å². The van der Waals surface area contributed by atoms with Crippen LogP contribution in [0.2, 0.25) is 5.02 Å². The average molecular weight is 591 g/mol. The lowest BCUT2D eigenvalue weighted by molar-refractivity contribution is -0.0672. The third kappa shape index (κ3) is 7.24. The first-order valence-electron chi connectivity index (χ1n) is 12.6. The first kappa shape index (κ1) is 30.7. The molecule has 3 aromatic carbocycles. The number of ether oxygens (including phenoxy) is 1. The van der Waals surface area contributed by atoms with Gasteiger partial charge in [-0.05, 0) is 68.8 Å². The summed E-state index contributed by atoms with van der Waals surface area (Å²) in [5, 5.41) is 12.7. The summed E-state index contributed by atoms with van der Waals surface area (Å²) in [5.41, 5.74) is 5.21. The maximum atomic E-state index is 12.9. The molecule has 4 aromatic rings. The summed E-state index contributed by atoms with van der Waals surface area (Å²) in [5.74, 6) is -0.0887. The first-order chi connectivity index (χ1) is 17.9. The maximum absolute atomic E-state index is 12.9. The summed E-state index contributed by atoms with van der Waals surface area (Å²) in [4.78, 5) is 15.2. The van der Waals surface area contributed by atoms with Gasteiger partial charge in [0.05, 0.1) is 40.3 Å².